The first kappa shape index (κ1) is 11.4. The van der Waals surface area contributed by atoms with Gasteiger partial charge in [0.15, 0.2) is 0 Å². The molecule has 0 aliphatic heterocycles. The highest BCUT2D eigenvalue weighted by Gasteiger charge is 2.25. The Morgan fingerprint density at radius 3 is 2.70 bits per heavy atom. The monoisotopic (exact) mass is 262 g/mol. The van der Waals surface area contributed by atoms with E-state index in [-0.39, 0.29) is 5.92 Å². The van der Waals surface area contributed by atoms with Gasteiger partial charge in [0.25, 0.3) is 0 Å². The van der Waals surface area contributed by atoms with Crippen molar-refractivity contribution in [3.05, 3.63) is 89.8 Å². The van der Waals surface area contributed by atoms with E-state index in [0.717, 1.165) is 17.9 Å². The summed E-state index contributed by atoms with van der Waals surface area (Å²) in [7, 11) is 0. The van der Waals surface area contributed by atoms with E-state index in [2.05, 4.69) is 30.4 Å². The van der Waals surface area contributed by atoms with Crippen LogP contribution in [0.5, 0.6) is 0 Å². The summed E-state index contributed by atoms with van der Waals surface area (Å²) >= 11 is 0. The Labute approximate surface area is 117 Å². The van der Waals surface area contributed by atoms with Crippen LogP contribution in [0.15, 0.2) is 87.2 Å². The molecule has 4 rings (SSSR count). The predicted molar refractivity (Wildman–Crippen MR) is 78.1 cm³/mol. The minimum Gasteiger partial charge on any atom is -0.468 e. The first-order chi connectivity index (χ1) is 9.92. The van der Waals surface area contributed by atoms with Gasteiger partial charge >= 0.3 is 0 Å². The second-order valence-electron chi connectivity index (χ2n) is 5.04. The van der Waals surface area contributed by atoms with Crippen LogP contribution in [0, 0.1) is 0 Å². The summed E-state index contributed by atoms with van der Waals surface area (Å²) < 4.78 is 11.1. The average molecular weight is 262 g/mol. The van der Waals surface area contributed by atoms with Crippen LogP contribution in [0.25, 0.3) is 5.57 Å². The lowest BCUT2D eigenvalue weighted by Crippen LogP contribution is -1.96. The molecule has 2 aromatic rings. The van der Waals surface area contributed by atoms with Crippen molar-refractivity contribution in [1.82, 2.24) is 0 Å². The van der Waals surface area contributed by atoms with E-state index in [1.807, 2.05) is 24.3 Å². The number of rotatable bonds is 2. The van der Waals surface area contributed by atoms with Crippen molar-refractivity contribution in [2.45, 2.75) is 12.3 Å². The smallest absolute Gasteiger partial charge is 0.130 e. The molecule has 98 valence electrons. The first-order valence-electron chi connectivity index (χ1n) is 6.77. The summed E-state index contributed by atoms with van der Waals surface area (Å²) in [6, 6.07) is 7.91. The Bertz CT molecular complexity index is 722. The van der Waals surface area contributed by atoms with Crippen LogP contribution < -0.4 is 0 Å². The van der Waals surface area contributed by atoms with Crippen LogP contribution in [0.1, 0.15) is 23.9 Å². The van der Waals surface area contributed by atoms with Gasteiger partial charge in [-0.25, -0.2) is 0 Å². The van der Waals surface area contributed by atoms with Gasteiger partial charge in [0.05, 0.1) is 18.4 Å². The molecule has 2 aliphatic rings. The molecule has 1 atom stereocenters. The average Bonchev–Trinajstić information content (AvgIpc) is 3.18. The van der Waals surface area contributed by atoms with E-state index in [1.165, 1.54) is 16.7 Å². The van der Waals surface area contributed by atoms with Gasteiger partial charge in [-0.1, -0.05) is 30.4 Å². The van der Waals surface area contributed by atoms with Crippen molar-refractivity contribution in [1.29, 1.82) is 0 Å². The largest absolute Gasteiger partial charge is 0.468 e. The molecule has 2 aromatic heterocycles. The third kappa shape index (κ3) is 1.81. The van der Waals surface area contributed by atoms with Crippen molar-refractivity contribution in [3.63, 3.8) is 0 Å². The third-order valence-corrected chi connectivity index (χ3v) is 3.82. The van der Waals surface area contributed by atoms with Crippen molar-refractivity contribution >= 4 is 5.57 Å². The summed E-state index contributed by atoms with van der Waals surface area (Å²) in [6.45, 7) is 0. The molecular formula is C18H14O2. The SMILES string of the molecule is C1=CC2=C(C=C(c3ccco3)C2)C(c2ccco2)C=C1. The highest BCUT2D eigenvalue weighted by molar-refractivity contribution is 5.74. The lowest BCUT2D eigenvalue weighted by molar-refractivity contribution is 0.506. The molecule has 0 N–H and O–H groups in total. The third-order valence-electron chi connectivity index (χ3n) is 3.82. The molecule has 2 heteroatoms. The zero-order valence-corrected chi connectivity index (χ0v) is 11.0. The summed E-state index contributed by atoms with van der Waals surface area (Å²) in [4.78, 5) is 0. The van der Waals surface area contributed by atoms with Crippen molar-refractivity contribution in [2.75, 3.05) is 0 Å². The molecule has 0 fully saturated rings. The molecular weight excluding hydrogens is 248 g/mol. The molecule has 20 heavy (non-hydrogen) atoms. The van der Waals surface area contributed by atoms with E-state index < -0.39 is 0 Å². The summed E-state index contributed by atoms with van der Waals surface area (Å²) in [5.74, 6) is 2.12. The lowest BCUT2D eigenvalue weighted by atomic mass is 9.94. The molecule has 0 spiro atoms. The van der Waals surface area contributed by atoms with Crippen LogP contribution in [0.2, 0.25) is 0 Å². The fourth-order valence-electron chi connectivity index (χ4n) is 2.87. The maximum absolute atomic E-state index is 5.60. The highest BCUT2D eigenvalue weighted by Crippen LogP contribution is 2.41. The number of furan rings is 2. The van der Waals surface area contributed by atoms with Crippen LogP contribution in [0.4, 0.5) is 0 Å². The Morgan fingerprint density at radius 1 is 1.00 bits per heavy atom. The zero-order valence-electron chi connectivity index (χ0n) is 11.0. The Balaban J connectivity index is 1.77. The number of allylic oxidation sites excluding steroid dienone is 8. The summed E-state index contributed by atoms with van der Waals surface area (Å²) in [5, 5.41) is 0. The predicted octanol–water partition coefficient (Wildman–Crippen LogP) is 4.87. The topological polar surface area (TPSA) is 26.3 Å². The van der Waals surface area contributed by atoms with E-state index in [0.29, 0.717) is 0 Å². The van der Waals surface area contributed by atoms with Crippen molar-refractivity contribution in [2.24, 2.45) is 0 Å². The molecule has 0 amide bonds. The normalized spacial score (nSPS) is 21.0. The van der Waals surface area contributed by atoms with Gasteiger partial charge in [0.2, 0.25) is 0 Å². The zero-order chi connectivity index (χ0) is 13.4. The van der Waals surface area contributed by atoms with Gasteiger partial charge in [-0.3, -0.25) is 0 Å². The maximum Gasteiger partial charge on any atom is 0.130 e. The van der Waals surface area contributed by atoms with E-state index in [1.54, 1.807) is 12.5 Å². The van der Waals surface area contributed by atoms with Crippen molar-refractivity contribution < 1.29 is 8.83 Å². The molecule has 0 radical (unpaired) electrons. The Kier molecular flexibility index (Phi) is 2.59. The number of hydrogen-bond acceptors (Lipinski definition) is 2. The quantitative estimate of drug-likeness (QED) is 0.772. The highest BCUT2D eigenvalue weighted by atomic mass is 16.3. The van der Waals surface area contributed by atoms with Crippen molar-refractivity contribution in [3.8, 4) is 0 Å². The van der Waals surface area contributed by atoms with Crippen LogP contribution in [-0.2, 0) is 0 Å². The van der Waals surface area contributed by atoms with E-state index >= 15 is 0 Å². The van der Waals surface area contributed by atoms with Gasteiger partial charge < -0.3 is 8.83 Å². The first-order valence-corrected chi connectivity index (χ1v) is 6.77. The van der Waals surface area contributed by atoms with Crippen LogP contribution >= 0.6 is 0 Å². The minimum atomic E-state index is 0.183. The van der Waals surface area contributed by atoms with Gasteiger partial charge in [-0.05, 0) is 41.0 Å². The van der Waals surface area contributed by atoms with Crippen LogP contribution in [-0.4, -0.2) is 0 Å². The second-order valence-corrected chi connectivity index (χ2v) is 5.04. The molecule has 0 bridgehead atoms. The lowest BCUT2D eigenvalue weighted by Gasteiger charge is -2.10. The van der Waals surface area contributed by atoms with E-state index in [9.17, 15) is 0 Å². The Morgan fingerprint density at radius 2 is 1.90 bits per heavy atom. The van der Waals surface area contributed by atoms with E-state index in [4.69, 9.17) is 8.83 Å². The van der Waals surface area contributed by atoms with Gasteiger partial charge in [0.1, 0.15) is 11.5 Å². The van der Waals surface area contributed by atoms with Gasteiger partial charge in [-0.15, -0.1) is 0 Å². The summed E-state index contributed by atoms with van der Waals surface area (Å²) in [5.41, 5.74) is 3.87. The second kappa shape index (κ2) is 4.57. The van der Waals surface area contributed by atoms with Gasteiger partial charge in [-0.2, -0.15) is 0 Å². The fraction of sp³-hybridized carbons (Fsp3) is 0.111. The Hall–Kier alpha value is -2.48. The molecule has 0 aromatic carbocycles. The molecule has 2 nitrogen and oxygen atoms in total. The molecule has 1 unspecified atom stereocenters. The standard InChI is InChI=1S/C18H14O2/c1-2-6-15(18-8-4-10-20-18)16-12-14(11-13(16)5-1)17-7-3-9-19-17/h1-10,12,15H,11H2. The summed E-state index contributed by atoms with van der Waals surface area (Å²) in [6.07, 6.45) is 15.1. The van der Waals surface area contributed by atoms with Crippen LogP contribution in [0.3, 0.4) is 0 Å². The molecule has 0 saturated heterocycles. The molecule has 0 saturated carbocycles. The molecule has 2 aliphatic carbocycles. The molecule has 2 heterocycles. The van der Waals surface area contributed by atoms with Gasteiger partial charge in [0, 0.05) is 6.42 Å². The maximum atomic E-state index is 5.60. The number of hydrogen-bond donors (Lipinski definition) is 0. The minimum absolute atomic E-state index is 0.183. The fourth-order valence-corrected chi connectivity index (χ4v) is 2.87.